The monoisotopic (exact) mass is 401 g/mol. The molecule has 0 unspecified atom stereocenters. The van der Waals surface area contributed by atoms with E-state index >= 15 is 0 Å². The van der Waals surface area contributed by atoms with E-state index < -0.39 is 5.82 Å². The van der Waals surface area contributed by atoms with Crippen molar-refractivity contribution in [2.24, 2.45) is 7.05 Å². The number of hydrogen-bond donors (Lipinski definition) is 1. The summed E-state index contributed by atoms with van der Waals surface area (Å²) in [6.07, 6.45) is 8.39. The summed E-state index contributed by atoms with van der Waals surface area (Å²) in [5.74, 6) is -0.500. The number of fused-ring (bicyclic) bond motifs is 1. The van der Waals surface area contributed by atoms with Crippen LogP contribution in [-0.2, 0) is 13.6 Å². The van der Waals surface area contributed by atoms with Crippen LogP contribution in [0, 0.1) is 5.82 Å². The maximum atomic E-state index is 14.3. The lowest BCUT2D eigenvalue weighted by Gasteiger charge is -2.02. The van der Waals surface area contributed by atoms with E-state index in [-0.39, 0.29) is 11.6 Å². The van der Waals surface area contributed by atoms with Crippen LogP contribution < -0.4 is 5.73 Å². The molecular formula is C16H13BrFN7. The molecule has 0 atom stereocenters. The normalized spacial score (nSPS) is 11.3. The third-order valence-corrected chi connectivity index (χ3v) is 4.30. The molecule has 9 heteroatoms. The van der Waals surface area contributed by atoms with Crippen LogP contribution >= 0.6 is 15.9 Å². The van der Waals surface area contributed by atoms with Gasteiger partial charge in [0.05, 0.1) is 30.7 Å². The number of nitrogens with two attached hydrogens (primary N) is 1. The van der Waals surface area contributed by atoms with Crippen molar-refractivity contribution in [2.45, 2.75) is 6.54 Å². The highest BCUT2D eigenvalue weighted by atomic mass is 79.9. The Morgan fingerprint density at radius 3 is 2.80 bits per heavy atom. The molecule has 25 heavy (non-hydrogen) atoms. The molecule has 0 bridgehead atoms. The first kappa shape index (κ1) is 15.7. The van der Waals surface area contributed by atoms with E-state index in [4.69, 9.17) is 5.73 Å². The Hall–Kier alpha value is -2.81. The molecule has 0 aliphatic carbocycles. The number of aryl methyl sites for hydroxylation is 1. The molecule has 0 radical (unpaired) electrons. The maximum Gasteiger partial charge on any atom is 0.220 e. The Bertz CT molecular complexity index is 1090. The highest BCUT2D eigenvalue weighted by molar-refractivity contribution is 9.10. The summed E-state index contributed by atoms with van der Waals surface area (Å²) in [6.45, 7) is 0.579. The summed E-state index contributed by atoms with van der Waals surface area (Å²) >= 11 is 3.37. The number of pyridine rings is 1. The van der Waals surface area contributed by atoms with Gasteiger partial charge in [0, 0.05) is 36.0 Å². The van der Waals surface area contributed by atoms with E-state index in [0.29, 0.717) is 16.7 Å². The molecular weight excluding hydrogens is 389 g/mol. The van der Waals surface area contributed by atoms with Crippen LogP contribution in [0.15, 0.2) is 41.7 Å². The lowest BCUT2D eigenvalue weighted by Crippen LogP contribution is -1.99. The molecule has 4 aromatic rings. The average Bonchev–Trinajstić information content (AvgIpc) is 3.14. The van der Waals surface area contributed by atoms with Crippen LogP contribution in [0.5, 0.6) is 0 Å². The van der Waals surface area contributed by atoms with Gasteiger partial charge in [0.25, 0.3) is 0 Å². The lowest BCUT2D eigenvalue weighted by atomic mass is 10.1. The van der Waals surface area contributed by atoms with Gasteiger partial charge in [-0.25, -0.2) is 19.3 Å². The largest absolute Gasteiger partial charge is 0.368 e. The van der Waals surface area contributed by atoms with Gasteiger partial charge >= 0.3 is 0 Å². The molecule has 0 saturated carbocycles. The van der Waals surface area contributed by atoms with Gasteiger partial charge in [0.15, 0.2) is 5.82 Å². The molecule has 126 valence electrons. The zero-order valence-corrected chi connectivity index (χ0v) is 14.8. The SMILES string of the molecule is Cn1cc(Cn2cc(-c3nc(N)ncc3F)c3cc(Br)ncc32)cn1. The van der Waals surface area contributed by atoms with Gasteiger partial charge in [-0.2, -0.15) is 5.10 Å². The molecule has 0 aromatic carbocycles. The average molecular weight is 402 g/mol. The Labute approximate surface area is 150 Å². The predicted molar refractivity (Wildman–Crippen MR) is 95.1 cm³/mol. The summed E-state index contributed by atoms with van der Waals surface area (Å²) in [6, 6.07) is 1.84. The van der Waals surface area contributed by atoms with E-state index in [2.05, 4.69) is 36.0 Å². The standard InChI is InChI=1S/C16H13BrFN7/c1-24-6-9(3-22-24)7-25-8-11(10-2-14(17)20-5-13(10)25)15-12(18)4-21-16(19)23-15/h2-6,8H,7H2,1H3,(H2,19,21,23). The molecule has 4 rings (SSSR count). The van der Waals surface area contributed by atoms with Crippen LogP contribution in [0.2, 0.25) is 0 Å². The van der Waals surface area contributed by atoms with Gasteiger partial charge in [-0.3, -0.25) is 4.68 Å². The van der Waals surface area contributed by atoms with Gasteiger partial charge in [0.1, 0.15) is 10.3 Å². The number of rotatable bonds is 3. The van der Waals surface area contributed by atoms with E-state index in [0.717, 1.165) is 22.7 Å². The minimum Gasteiger partial charge on any atom is -0.368 e. The van der Waals surface area contributed by atoms with Crippen LogP contribution in [0.1, 0.15) is 5.56 Å². The number of anilines is 1. The molecule has 0 fully saturated rings. The number of hydrogen-bond acceptors (Lipinski definition) is 5. The minimum absolute atomic E-state index is 0.0256. The molecule has 7 nitrogen and oxygen atoms in total. The van der Waals surface area contributed by atoms with Crippen molar-refractivity contribution in [3.63, 3.8) is 0 Å². The number of nitrogens with zero attached hydrogens (tertiary/aromatic N) is 6. The fraction of sp³-hybridized carbons (Fsp3) is 0.125. The number of nitrogen functional groups attached to an aromatic ring is 1. The summed E-state index contributed by atoms with van der Waals surface area (Å²) in [7, 11) is 1.86. The van der Waals surface area contributed by atoms with Gasteiger partial charge < -0.3 is 10.3 Å². The Morgan fingerprint density at radius 2 is 2.04 bits per heavy atom. The molecule has 0 aliphatic heterocycles. The van der Waals surface area contributed by atoms with Crippen molar-refractivity contribution in [2.75, 3.05) is 5.73 Å². The van der Waals surface area contributed by atoms with Crippen LogP contribution in [-0.4, -0.2) is 29.3 Å². The van der Waals surface area contributed by atoms with Crippen LogP contribution in [0.25, 0.3) is 22.2 Å². The van der Waals surface area contributed by atoms with Crippen molar-refractivity contribution in [1.29, 1.82) is 0 Å². The first-order valence-electron chi connectivity index (χ1n) is 7.41. The third kappa shape index (κ3) is 2.86. The lowest BCUT2D eigenvalue weighted by molar-refractivity contribution is 0.619. The van der Waals surface area contributed by atoms with Crippen molar-refractivity contribution in [3.8, 4) is 11.3 Å². The number of aromatic nitrogens is 6. The zero-order chi connectivity index (χ0) is 17.6. The van der Waals surface area contributed by atoms with E-state index in [1.165, 1.54) is 0 Å². The fourth-order valence-electron chi connectivity index (χ4n) is 2.80. The van der Waals surface area contributed by atoms with Crippen molar-refractivity contribution >= 4 is 32.8 Å². The quantitative estimate of drug-likeness (QED) is 0.533. The van der Waals surface area contributed by atoms with Crippen LogP contribution in [0.3, 0.4) is 0 Å². The van der Waals surface area contributed by atoms with Crippen LogP contribution in [0.4, 0.5) is 10.3 Å². The molecule has 4 aromatic heterocycles. The molecule has 0 aliphatic rings. The molecule has 0 spiro atoms. The summed E-state index contributed by atoms with van der Waals surface area (Å²) in [5.41, 5.74) is 8.33. The molecule has 0 saturated heterocycles. The van der Waals surface area contributed by atoms with Crippen molar-refractivity contribution in [3.05, 3.63) is 53.0 Å². The fourth-order valence-corrected chi connectivity index (χ4v) is 3.13. The highest BCUT2D eigenvalue weighted by Crippen LogP contribution is 2.32. The van der Waals surface area contributed by atoms with Gasteiger partial charge in [0.2, 0.25) is 5.95 Å². The molecule has 2 N–H and O–H groups in total. The molecule has 0 amide bonds. The summed E-state index contributed by atoms with van der Waals surface area (Å²) in [4.78, 5) is 12.1. The van der Waals surface area contributed by atoms with Gasteiger partial charge in [-0.1, -0.05) is 0 Å². The van der Waals surface area contributed by atoms with Gasteiger partial charge in [-0.15, -0.1) is 0 Å². The first-order valence-corrected chi connectivity index (χ1v) is 8.21. The number of halogens is 2. The third-order valence-electron chi connectivity index (χ3n) is 3.86. The summed E-state index contributed by atoms with van der Waals surface area (Å²) in [5, 5.41) is 5.00. The van der Waals surface area contributed by atoms with Crippen molar-refractivity contribution < 1.29 is 4.39 Å². The minimum atomic E-state index is -0.525. The maximum absolute atomic E-state index is 14.3. The molecule has 4 heterocycles. The smallest absolute Gasteiger partial charge is 0.220 e. The van der Waals surface area contributed by atoms with E-state index in [1.807, 2.05) is 30.1 Å². The first-order chi connectivity index (χ1) is 12.0. The topological polar surface area (TPSA) is 87.4 Å². The highest BCUT2D eigenvalue weighted by Gasteiger charge is 2.17. The van der Waals surface area contributed by atoms with Gasteiger partial charge in [-0.05, 0) is 22.0 Å². The Kier molecular flexibility index (Phi) is 3.72. The second kappa shape index (κ2) is 5.92. The Balaban J connectivity index is 1.92. The Morgan fingerprint density at radius 1 is 1.20 bits per heavy atom. The van der Waals surface area contributed by atoms with E-state index in [9.17, 15) is 4.39 Å². The second-order valence-corrected chi connectivity index (χ2v) is 6.45. The summed E-state index contributed by atoms with van der Waals surface area (Å²) < 4.78 is 18.7. The zero-order valence-electron chi connectivity index (χ0n) is 13.2. The second-order valence-electron chi connectivity index (χ2n) is 5.64. The van der Waals surface area contributed by atoms with E-state index in [1.54, 1.807) is 17.1 Å². The predicted octanol–water partition coefficient (Wildman–Crippen LogP) is 2.76. The van der Waals surface area contributed by atoms with Crippen molar-refractivity contribution in [1.82, 2.24) is 29.3 Å².